The molecule has 10 heteroatoms. The summed E-state index contributed by atoms with van der Waals surface area (Å²) in [5.41, 5.74) is -0.0292. The number of nitrogens with two attached hydrogens (primary N) is 1. The monoisotopic (exact) mass is 479 g/mol. The molecular formula is C22H26ClN3O5S. The Morgan fingerprint density at radius 3 is 2.50 bits per heavy atom. The molecule has 8 nitrogen and oxygen atoms in total. The summed E-state index contributed by atoms with van der Waals surface area (Å²) < 4.78 is 36.6. The van der Waals surface area contributed by atoms with Crippen molar-refractivity contribution in [2.45, 2.75) is 57.3 Å². The summed E-state index contributed by atoms with van der Waals surface area (Å²) in [7, 11) is -3.85. The standard InChI is InChI=1S/C22H26ClN3O5S/c1-4-5-12-26-19-11-10-17(32(24,28)29)13-18(19)25-20(26)14-30-21(27)22(2,3)31-16-8-6-15(23)7-9-16/h6-11,13H,4-5,12,14H2,1-3H3,(H2,24,28,29). The van der Waals surface area contributed by atoms with Gasteiger partial charge in [0.15, 0.2) is 5.60 Å². The first-order chi connectivity index (χ1) is 15.0. The first-order valence-corrected chi connectivity index (χ1v) is 12.1. The summed E-state index contributed by atoms with van der Waals surface area (Å²) in [6.45, 7) is 5.86. The van der Waals surface area contributed by atoms with Gasteiger partial charge in [-0.25, -0.2) is 23.3 Å². The van der Waals surface area contributed by atoms with Crippen LogP contribution in [0.2, 0.25) is 5.02 Å². The van der Waals surface area contributed by atoms with Gasteiger partial charge < -0.3 is 14.0 Å². The fourth-order valence-electron chi connectivity index (χ4n) is 3.16. The lowest BCUT2D eigenvalue weighted by Gasteiger charge is -2.24. The molecule has 0 saturated carbocycles. The lowest BCUT2D eigenvalue weighted by molar-refractivity contribution is -0.161. The number of fused-ring (bicyclic) bond motifs is 1. The van der Waals surface area contributed by atoms with Crippen LogP contribution in [0.4, 0.5) is 0 Å². The number of halogens is 1. The largest absolute Gasteiger partial charge is 0.476 e. The van der Waals surface area contributed by atoms with E-state index in [0.717, 1.165) is 18.4 Å². The number of esters is 1. The number of hydrogen-bond acceptors (Lipinski definition) is 6. The van der Waals surface area contributed by atoms with Crippen molar-refractivity contribution in [3.05, 3.63) is 53.3 Å². The first-order valence-electron chi connectivity index (χ1n) is 10.1. The molecule has 0 aliphatic carbocycles. The van der Waals surface area contributed by atoms with Crippen molar-refractivity contribution < 1.29 is 22.7 Å². The summed E-state index contributed by atoms with van der Waals surface area (Å²) >= 11 is 5.89. The molecule has 32 heavy (non-hydrogen) atoms. The van der Waals surface area contributed by atoms with Gasteiger partial charge >= 0.3 is 5.97 Å². The number of aryl methyl sites for hydroxylation is 1. The average molecular weight is 480 g/mol. The van der Waals surface area contributed by atoms with Crippen molar-refractivity contribution in [3.8, 4) is 5.75 Å². The van der Waals surface area contributed by atoms with Crippen molar-refractivity contribution in [2.75, 3.05) is 0 Å². The van der Waals surface area contributed by atoms with E-state index < -0.39 is 21.6 Å². The zero-order chi connectivity index (χ0) is 23.5. The molecule has 0 atom stereocenters. The van der Waals surface area contributed by atoms with Gasteiger partial charge in [0.05, 0.1) is 15.9 Å². The van der Waals surface area contributed by atoms with Crippen LogP contribution in [0.5, 0.6) is 5.75 Å². The molecule has 0 aliphatic heterocycles. The molecule has 172 valence electrons. The molecule has 0 fully saturated rings. The highest BCUT2D eigenvalue weighted by Gasteiger charge is 2.32. The van der Waals surface area contributed by atoms with Crippen LogP contribution in [0.15, 0.2) is 47.4 Å². The molecule has 1 heterocycles. The number of nitrogens with zero attached hydrogens (tertiary/aromatic N) is 2. The normalized spacial score (nSPS) is 12.2. The van der Waals surface area contributed by atoms with E-state index in [1.165, 1.54) is 12.1 Å². The Balaban J connectivity index is 1.81. The minimum Gasteiger partial charge on any atom is -0.476 e. The van der Waals surface area contributed by atoms with Gasteiger partial charge in [0.25, 0.3) is 0 Å². The number of aromatic nitrogens is 2. The third kappa shape index (κ3) is 5.59. The topological polar surface area (TPSA) is 114 Å². The molecule has 0 radical (unpaired) electrons. The Morgan fingerprint density at radius 1 is 1.19 bits per heavy atom. The summed E-state index contributed by atoms with van der Waals surface area (Å²) in [6, 6.07) is 11.2. The maximum atomic E-state index is 12.7. The lowest BCUT2D eigenvalue weighted by atomic mass is 10.1. The van der Waals surface area contributed by atoms with Gasteiger partial charge in [-0.3, -0.25) is 0 Å². The van der Waals surface area contributed by atoms with Crippen LogP contribution in [0.25, 0.3) is 11.0 Å². The molecule has 0 aliphatic rings. The van der Waals surface area contributed by atoms with Crippen LogP contribution in [0, 0.1) is 0 Å². The summed E-state index contributed by atoms with van der Waals surface area (Å²) in [6.07, 6.45) is 1.84. The van der Waals surface area contributed by atoms with Crippen LogP contribution < -0.4 is 9.88 Å². The molecule has 2 N–H and O–H groups in total. The van der Waals surface area contributed by atoms with E-state index in [2.05, 4.69) is 11.9 Å². The van der Waals surface area contributed by atoms with Crippen LogP contribution in [0.3, 0.4) is 0 Å². The molecule has 0 spiro atoms. The lowest BCUT2D eigenvalue weighted by Crippen LogP contribution is -2.39. The number of unbranched alkanes of at least 4 members (excludes halogenated alkanes) is 1. The van der Waals surface area contributed by atoms with Crippen molar-refractivity contribution in [1.82, 2.24) is 9.55 Å². The van der Waals surface area contributed by atoms with E-state index in [-0.39, 0.29) is 11.5 Å². The number of ether oxygens (including phenoxy) is 2. The second-order valence-corrected chi connectivity index (χ2v) is 9.87. The average Bonchev–Trinajstić information content (AvgIpc) is 3.07. The van der Waals surface area contributed by atoms with Crippen LogP contribution in [-0.4, -0.2) is 29.5 Å². The highest BCUT2D eigenvalue weighted by Crippen LogP contribution is 2.24. The van der Waals surface area contributed by atoms with Gasteiger partial charge in [0, 0.05) is 11.6 Å². The Bertz CT molecular complexity index is 1220. The second kappa shape index (κ2) is 9.48. The van der Waals surface area contributed by atoms with Crippen molar-refractivity contribution in [2.24, 2.45) is 5.14 Å². The highest BCUT2D eigenvalue weighted by molar-refractivity contribution is 7.89. The number of carbonyl (C=O) groups is 1. The molecule has 0 amide bonds. The minimum absolute atomic E-state index is 0.0221. The van der Waals surface area contributed by atoms with Gasteiger partial charge in [-0.15, -0.1) is 0 Å². The van der Waals surface area contributed by atoms with Crippen molar-refractivity contribution in [3.63, 3.8) is 0 Å². The number of hydrogen-bond donors (Lipinski definition) is 1. The van der Waals surface area contributed by atoms with E-state index in [9.17, 15) is 13.2 Å². The van der Waals surface area contributed by atoms with E-state index in [4.69, 9.17) is 26.2 Å². The predicted molar refractivity (Wildman–Crippen MR) is 122 cm³/mol. The molecule has 1 aromatic heterocycles. The quantitative estimate of drug-likeness (QED) is 0.463. The smallest absolute Gasteiger partial charge is 0.350 e. The summed E-state index contributed by atoms with van der Waals surface area (Å²) in [4.78, 5) is 17.2. The van der Waals surface area contributed by atoms with Gasteiger partial charge in [-0.2, -0.15) is 0 Å². The molecule has 3 rings (SSSR count). The van der Waals surface area contributed by atoms with Crippen molar-refractivity contribution in [1.29, 1.82) is 0 Å². The Labute approximate surface area is 192 Å². The van der Waals surface area contributed by atoms with Gasteiger partial charge in [0.2, 0.25) is 10.0 Å². The Morgan fingerprint density at radius 2 is 1.88 bits per heavy atom. The number of rotatable bonds is 9. The molecule has 2 aromatic carbocycles. The maximum absolute atomic E-state index is 12.7. The number of imidazole rings is 1. The summed E-state index contributed by atoms with van der Waals surface area (Å²) in [5, 5.41) is 5.80. The van der Waals surface area contributed by atoms with Crippen molar-refractivity contribution >= 4 is 38.6 Å². The molecule has 0 bridgehead atoms. The highest BCUT2D eigenvalue weighted by atomic mass is 35.5. The number of carbonyl (C=O) groups excluding carboxylic acids is 1. The Hall–Kier alpha value is -2.62. The van der Waals surface area contributed by atoms with Gasteiger partial charge in [-0.05, 0) is 62.7 Å². The number of primary sulfonamides is 1. The minimum atomic E-state index is -3.85. The molecular weight excluding hydrogens is 454 g/mol. The third-order valence-electron chi connectivity index (χ3n) is 4.87. The second-order valence-electron chi connectivity index (χ2n) is 7.87. The van der Waals surface area contributed by atoms with Crippen LogP contribution in [-0.2, 0) is 32.7 Å². The number of benzene rings is 2. The summed E-state index contributed by atoms with van der Waals surface area (Å²) in [5.74, 6) is 0.435. The molecule has 3 aromatic rings. The zero-order valence-corrected chi connectivity index (χ0v) is 19.7. The third-order valence-corrected chi connectivity index (χ3v) is 6.04. The van der Waals surface area contributed by atoms with E-state index >= 15 is 0 Å². The van der Waals surface area contributed by atoms with Gasteiger partial charge in [0.1, 0.15) is 18.2 Å². The fourth-order valence-corrected chi connectivity index (χ4v) is 3.81. The van der Waals surface area contributed by atoms with E-state index in [1.54, 1.807) is 44.2 Å². The van der Waals surface area contributed by atoms with Gasteiger partial charge in [-0.1, -0.05) is 24.9 Å². The predicted octanol–water partition coefficient (Wildman–Crippen LogP) is 4.04. The Kier molecular flexibility index (Phi) is 7.12. The van der Waals surface area contributed by atoms with Crippen LogP contribution in [0.1, 0.15) is 39.4 Å². The SMILES string of the molecule is CCCCn1c(COC(=O)C(C)(C)Oc2ccc(Cl)cc2)nc2cc(S(N)(=O)=O)ccc21. The first kappa shape index (κ1) is 24.0. The fraction of sp³-hybridized carbons (Fsp3) is 0.364. The van der Waals surface area contributed by atoms with E-state index in [1.807, 2.05) is 4.57 Å². The maximum Gasteiger partial charge on any atom is 0.350 e. The van der Waals surface area contributed by atoms with E-state index in [0.29, 0.717) is 28.7 Å². The molecule has 0 unspecified atom stereocenters. The van der Waals surface area contributed by atoms with Crippen LogP contribution >= 0.6 is 11.6 Å². The molecule has 0 saturated heterocycles. The zero-order valence-electron chi connectivity index (χ0n) is 18.2. The number of sulfonamides is 1.